The number of hydrazine groups is 1. The van der Waals surface area contributed by atoms with Crippen LogP contribution in [0.15, 0.2) is 24.4 Å². The van der Waals surface area contributed by atoms with E-state index in [1.54, 1.807) is 6.20 Å². The smallest absolute Gasteiger partial charge is 0.127 e. The number of rotatable bonds is 3. The lowest BCUT2D eigenvalue weighted by molar-refractivity contribution is 0.283. The number of nitrogens with zero attached hydrogens (tertiary/aromatic N) is 2. The zero-order valence-corrected chi connectivity index (χ0v) is 10.6. The lowest BCUT2D eigenvalue weighted by atomic mass is 9.97. The van der Waals surface area contributed by atoms with Crippen LogP contribution < -0.4 is 16.0 Å². The number of hydrogen-bond acceptors (Lipinski definition) is 6. The quantitative estimate of drug-likeness (QED) is 0.646. The molecule has 94 valence electrons. The Bertz CT molecular complexity index is 529. The van der Waals surface area contributed by atoms with E-state index >= 15 is 0 Å². The Morgan fingerprint density at radius 1 is 1.44 bits per heavy atom. The molecule has 1 aliphatic heterocycles. The van der Waals surface area contributed by atoms with Gasteiger partial charge in [0.05, 0.1) is 36.3 Å². The Balaban J connectivity index is 2.05. The van der Waals surface area contributed by atoms with E-state index in [1.807, 2.05) is 12.1 Å². The number of ether oxygens (including phenoxy) is 1. The zero-order chi connectivity index (χ0) is 12.4. The van der Waals surface area contributed by atoms with Gasteiger partial charge in [0.2, 0.25) is 0 Å². The highest BCUT2D eigenvalue weighted by Crippen LogP contribution is 2.34. The number of fused-ring (bicyclic) bond motifs is 1. The summed E-state index contributed by atoms with van der Waals surface area (Å²) < 4.78 is 14.1. The Kier molecular flexibility index (Phi) is 3.22. The molecule has 1 aliphatic rings. The molecule has 1 unspecified atom stereocenters. The summed E-state index contributed by atoms with van der Waals surface area (Å²) in [5.41, 5.74) is 5.89. The first-order valence-electron chi connectivity index (χ1n) is 5.88. The Morgan fingerprint density at radius 3 is 3.17 bits per heavy atom. The van der Waals surface area contributed by atoms with Gasteiger partial charge >= 0.3 is 0 Å². The topological polar surface area (TPSA) is 73.1 Å². The summed E-state index contributed by atoms with van der Waals surface area (Å²) in [5.74, 6) is 6.60. The van der Waals surface area contributed by atoms with Crippen molar-refractivity contribution in [1.29, 1.82) is 0 Å². The van der Waals surface area contributed by atoms with Gasteiger partial charge in [-0.05, 0) is 18.4 Å². The summed E-state index contributed by atoms with van der Waals surface area (Å²) in [6.07, 6.45) is 3.85. The number of hydrogen-bond donors (Lipinski definition) is 2. The molecule has 0 saturated heterocycles. The van der Waals surface area contributed by atoms with Crippen molar-refractivity contribution in [3.05, 3.63) is 41.2 Å². The molecule has 0 aliphatic carbocycles. The van der Waals surface area contributed by atoms with Crippen molar-refractivity contribution in [2.24, 2.45) is 5.84 Å². The van der Waals surface area contributed by atoms with Crippen LogP contribution in [0.2, 0.25) is 0 Å². The van der Waals surface area contributed by atoms with Crippen LogP contribution >= 0.6 is 11.7 Å². The van der Waals surface area contributed by atoms with Crippen molar-refractivity contribution in [3.63, 3.8) is 0 Å². The van der Waals surface area contributed by atoms with Crippen molar-refractivity contribution in [2.45, 2.75) is 18.9 Å². The average Bonchev–Trinajstić information content (AvgIpc) is 2.94. The molecule has 3 N–H and O–H groups in total. The lowest BCUT2D eigenvalue weighted by Crippen LogP contribution is -2.30. The lowest BCUT2D eigenvalue weighted by Gasteiger charge is -2.23. The van der Waals surface area contributed by atoms with Gasteiger partial charge < -0.3 is 4.74 Å². The molecule has 1 atom stereocenters. The molecule has 5 nitrogen and oxygen atoms in total. The van der Waals surface area contributed by atoms with Crippen LogP contribution in [0, 0.1) is 0 Å². The first-order valence-corrected chi connectivity index (χ1v) is 6.61. The average molecular weight is 262 g/mol. The first kappa shape index (κ1) is 11.6. The summed E-state index contributed by atoms with van der Waals surface area (Å²) in [7, 11) is 0. The van der Waals surface area contributed by atoms with Crippen molar-refractivity contribution in [3.8, 4) is 5.75 Å². The normalized spacial score (nSPS) is 15.8. The Hall–Kier alpha value is -1.50. The highest BCUT2D eigenvalue weighted by molar-refractivity contribution is 6.99. The van der Waals surface area contributed by atoms with E-state index in [1.165, 1.54) is 17.3 Å². The third kappa shape index (κ3) is 1.98. The van der Waals surface area contributed by atoms with E-state index in [0.717, 1.165) is 36.5 Å². The third-order valence-corrected chi connectivity index (χ3v) is 3.61. The number of nitrogens with two attached hydrogens (primary N) is 1. The first-order chi connectivity index (χ1) is 8.90. The maximum Gasteiger partial charge on any atom is 0.127 e. The predicted octanol–water partition coefficient (Wildman–Crippen LogP) is 1.42. The molecule has 0 bridgehead atoms. The highest BCUT2D eigenvalue weighted by atomic mass is 32.1. The minimum atomic E-state index is -0.170. The summed E-state index contributed by atoms with van der Waals surface area (Å²) >= 11 is 1.18. The van der Waals surface area contributed by atoms with E-state index in [4.69, 9.17) is 10.6 Å². The number of para-hydroxylation sites is 1. The predicted molar refractivity (Wildman–Crippen MR) is 69.3 cm³/mol. The minimum Gasteiger partial charge on any atom is -0.493 e. The summed E-state index contributed by atoms with van der Waals surface area (Å²) in [4.78, 5) is 0. The van der Waals surface area contributed by atoms with Crippen molar-refractivity contribution >= 4 is 11.7 Å². The van der Waals surface area contributed by atoms with E-state index in [9.17, 15) is 0 Å². The summed E-state index contributed by atoms with van der Waals surface area (Å²) in [6.45, 7) is 0.761. The molecule has 3 rings (SSSR count). The van der Waals surface area contributed by atoms with Gasteiger partial charge in [0.15, 0.2) is 0 Å². The molecular weight excluding hydrogens is 248 g/mol. The molecule has 0 fully saturated rings. The summed E-state index contributed by atoms with van der Waals surface area (Å²) in [5, 5.41) is 0. The molecule has 6 heteroatoms. The van der Waals surface area contributed by atoms with Gasteiger partial charge in [-0.25, -0.2) is 5.43 Å². The number of nitrogens with one attached hydrogen (secondary N) is 1. The number of aryl methyl sites for hydroxylation is 1. The molecule has 2 aromatic rings. The Morgan fingerprint density at radius 2 is 2.39 bits per heavy atom. The van der Waals surface area contributed by atoms with Crippen LogP contribution in [0.25, 0.3) is 0 Å². The van der Waals surface area contributed by atoms with Gasteiger partial charge in [0.1, 0.15) is 5.75 Å². The van der Waals surface area contributed by atoms with Crippen molar-refractivity contribution in [1.82, 2.24) is 14.2 Å². The molecule has 0 radical (unpaired) electrons. The fraction of sp³-hybridized carbons (Fsp3) is 0.333. The third-order valence-electron chi connectivity index (χ3n) is 3.12. The number of aromatic nitrogens is 2. The van der Waals surface area contributed by atoms with Crippen molar-refractivity contribution < 1.29 is 4.74 Å². The fourth-order valence-corrected chi connectivity index (χ4v) is 2.72. The maximum atomic E-state index is 5.80. The van der Waals surface area contributed by atoms with Crippen LogP contribution in [-0.2, 0) is 6.42 Å². The fourth-order valence-electron chi connectivity index (χ4n) is 2.28. The Labute approximate surface area is 109 Å². The van der Waals surface area contributed by atoms with Crippen LogP contribution in [0.4, 0.5) is 0 Å². The largest absolute Gasteiger partial charge is 0.493 e. The molecule has 2 heterocycles. The van der Waals surface area contributed by atoms with Gasteiger partial charge in [-0.2, -0.15) is 8.75 Å². The van der Waals surface area contributed by atoms with E-state index < -0.39 is 0 Å². The molecule has 1 aromatic heterocycles. The van der Waals surface area contributed by atoms with Gasteiger partial charge in [0, 0.05) is 5.56 Å². The van der Waals surface area contributed by atoms with Crippen molar-refractivity contribution in [2.75, 3.05) is 6.61 Å². The second-order valence-electron chi connectivity index (χ2n) is 4.22. The highest BCUT2D eigenvalue weighted by Gasteiger charge is 2.23. The monoisotopic (exact) mass is 262 g/mol. The van der Waals surface area contributed by atoms with E-state index in [2.05, 4.69) is 20.2 Å². The standard InChI is InChI=1S/C12H14N4OS/c13-15-11(10-7-14-18-16-10)9-5-1-3-8-4-2-6-17-12(8)9/h1,3,5,7,11,15H,2,4,6,13H2. The number of benzene rings is 1. The van der Waals surface area contributed by atoms with Gasteiger partial charge in [-0.1, -0.05) is 18.2 Å². The molecule has 1 aromatic carbocycles. The van der Waals surface area contributed by atoms with Gasteiger partial charge in [-0.15, -0.1) is 0 Å². The molecule has 0 amide bonds. The van der Waals surface area contributed by atoms with E-state index in [-0.39, 0.29) is 6.04 Å². The van der Waals surface area contributed by atoms with Crippen LogP contribution in [-0.4, -0.2) is 15.4 Å². The second-order valence-corrected chi connectivity index (χ2v) is 4.78. The SMILES string of the molecule is NNC(c1cnsn1)c1cccc2c1OCCC2. The van der Waals surface area contributed by atoms with Gasteiger partial charge in [0.25, 0.3) is 0 Å². The second kappa shape index (κ2) is 5.01. The van der Waals surface area contributed by atoms with Crippen LogP contribution in [0.5, 0.6) is 5.75 Å². The molecular formula is C12H14N4OS. The minimum absolute atomic E-state index is 0.170. The van der Waals surface area contributed by atoms with Crippen LogP contribution in [0.3, 0.4) is 0 Å². The van der Waals surface area contributed by atoms with Gasteiger partial charge in [-0.3, -0.25) is 5.84 Å². The van der Waals surface area contributed by atoms with Crippen LogP contribution in [0.1, 0.15) is 29.3 Å². The zero-order valence-electron chi connectivity index (χ0n) is 9.80. The maximum absolute atomic E-state index is 5.80. The van der Waals surface area contributed by atoms with E-state index in [0.29, 0.717) is 0 Å². The molecule has 0 spiro atoms. The molecule has 0 saturated carbocycles. The summed E-state index contributed by atoms with van der Waals surface area (Å²) in [6, 6.07) is 5.99. The molecule has 18 heavy (non-hydrogen) atoms.